The minimum absolute atomic E-state index is 0.0710. The number of rotatable bonds is 61. The first kappa shape index (κ1) is 72.4. The van der Waals surface area contributed by atoms with Crippen molar-refractivity contribution >= 4 is 17.9 Å². The molecule has 0 amide bonds. The summed E-state index contributed by atoms with van der Waals surface area (Å²) in [5, 5.41) is 0. The fraction of sp³-hybridized carbons (Fsp3) is 0.841. The van der Waals surface area contributed by atoms with Crippen LogP contribution in [0.2, 0.25) is 0 Å². The molecule has 75 heavy (non-hydrogen) atoms. The highest BCUT2D eigenvalue weighted by molar-refractivity contribution is 5.71. The average molecular weight is 1050 g/mol. The molecule has 0 saturated heterocycles. The molecule has 1 unspecified atom stereocenters. The lowest BCUT2D eigenvalue weighted by molar-refractivity contribution is -0.167. The van der Waals surface area contributed by atoms with Crippen LogP contribution in [0.1, 0.15) is 355 Å². The number of carbonyl (C=O) groups is 3. The molecular weight excluding hydrogens is 925 g/mol. The smallest absolute Gasteiger partial charge is 0.306 e. The zero-order valence-electron chi connectivity index (χ0n) is 50.3. The average Bonchev–Trinajstić information content (AvgIpc) is 3.41. The largest absolute Gasteiger partial charge is 0.462 e. The van der Waals surface area contributed by atoms with E-state index in [-0.39, 0.29) is 31.1 Å². The van der Waals surface area contributed by atoms with E-state index < -0.39 is 6.10 Å². The van der Waals surface area contributed by atoms with Crippen LogP contribution >= 0.6 is 0 Å². The minimum atomic E-state index is -0.774. The second-order valence-corrected chi connectivity index (χ2v) is 22.4. The molecule has 0 radical (unpaired) electrons. The molecule has 1 atom stereocenters. The molecule has 0 rings (SSSR count). The van der Waals surface area contributed by atoms with E-state index in [1.165, 1.54) is 244 Å². The maximum atomic E-state index is 12.9. The van der Waals surface area contributed by atoms with E-state index in [9.17, 15) is 14.4 Å². The van der Waals surface area contributed by atoms with Gasteiger partial charge in [0.15, 0.2) is 6.10 Å². The summed E-state index contributed by atoms with van der Waals surface area (Å²) in [6.45, 7) is 6.66. The van der Waals surface area contributed by atoms with Crippen molar-refractivity contribution in [3.05, 3.63) is 48.6 Å². The molecule has 0 aliphatic rings. The molecule has 0 aromatic heterocycles. The van der Waals surface area contributed by atoms with E-state index in [1.807, 2.05) is 0 Å². The van der Waals surface area contributed by atoms with E-state index in [1.54, 1.807) is 0 Å². The SMILES string of the molecule is CCCCCCC/C=C\C/C=C\CCCCCCCCCCCCCCCC(=O)OCC(COC(=O)CCCCCCCCCCCCC)OC(=O)CCCCCCCCCCC/C=C\C/C=C\CCCCCCC. The maximum Gasteiger partial charge on any atom is 0.306 e. The van der Waals surface area contributed by atoms with Crippen LogP contribution in [0.25, 0.3) is 0 Å². The van der Waals surface area contributed by atoms with Gasteiger partial charge in [0.05, 0.1) is 0 Å². The van der Waals surface area contributed by atoms with Crippen molar-refractivity contribution in [1.29, 1.82) is 0 Å². The molecule has 0 aromatic rings. The van der Waals surface area contributed by atoms with Gasteiger partial charge < -0.3 is 14.2 Å². The first-order chi connectivity index (χ1) is 37.0. The number of hydrogen-bond acceptors (Lipinski definition) is 6. The Hall–Kier alpha value is -2.63. The van der Waals surface area contributed by atoms with E-state index in [4.69, 9.17) is 14.2 Å². The van der Waals surface area contributed by atoms with Gasteiger partial charge in [0, 0.05) is 19.3 Å². The highest BCUT2D eigenvalue weighted by Crippen LogP contribution is 2.17. The number of esters is 3. The molecule has 0 spiro atoms. The normalized spacial score (nSPS) is 12.3. The van der Waals surface area contributed by atoms with Crippen LogP contribution in [0, 0.1) is 0 Å². The summed E-state index contributed by atoms with van der Waals surface area (Å²) >= 11 is 0. The number of carbonyl (C=O) groups excluding carboxylic acids is 3. The van der Waals surface area contributed by atoms with E-state index in [0.717, 1.165) is 70.6 Å². The topological polar surface area (TPSA) is 78.9 Å². The lowest BCUT2D eigenvalue weighted by Gasteiger charge is -2.18. The Labute approximate surface area is 467 Å². The molecule has 0 aromatic carbocycles. The lowest BCUT2D eigenvalue weighted by Crippen LogP contribution is -2.30. The highest BCUT2D eigenvalue weighted by Gasteiger charge is 2.19. The predicted molar refractivity (Wildman–Crippen MR) is 325 cm³/mol. The Bertz CT molecular complexity index is 1300. The van der Waals surface area contributed by atoms with Crippen LogP contribution in [0.3, 0.4) is 0 Å². The van der Waals surface area contributed by atoms with Crippen LogP contribution < -0.4 is 0 Å². The van der Waals surface area contributed by atoms with Crippen molar-refractivity contribution in [2.24, 2.45) is 0 Å². The summed E-state index contributed by atoms with van der Waals surface area (Å²) in [6, 6.07) is 0. The standard InChI is InChI=1S/C69H126O6/c1-4-7-10-13-16-19-22-24-26-28-30-32-33-34-35-37-38-40-42-44-47-50-53-56-59-62-68(71)74-65-66(64-73-67(70)61-58-55-52-49-46-21-18-15-12-9-6-3)75-69(72)63-60-57-54-51-48-45-43-41-39-36-31-29-27-25-23-20-17-14-11-8-5-2/h22-25,28-31,66H,4-21,26-27,32-65H2,1-3H3/b24-22-,25-23-,30-28-,31-29-. The summed E-state index contributed by atoms with van der Waals surface area (Å²) in [4.78, 5) is 38.3. The van der Waals surface area contributed by atoms with E-state index in [2.05, 4.69) is 69.4 Å². The molecule has 0 heterocycles. The second kappa shape index (κ2) is 63.9. The van der Waals surface area contributed by atoms with E-state index >= 15 is 0 Å². The van der Waals surface area contributed by atoms with Crippen molar-refractivity contribution < 1.29 is 28.6 Å². The first-order valence-corrected chi connectivity index (χ1v) is 33.1. The van der Waals surface area contributed by atoms with Gasteiger partial charge in [0.2, 0.25) is 0 Å². The molecule has 6 heteroatoms. The highest BCUT2D eigenvalue weighted by atomic mass is 16.6. The molecule has 0 aliphatic heterocycles. The summed E-state index contributed by atoms with van der Waals surface area (Å²) in [7, 11) is 0. The molecule has 438 valence electrons. The third kappa shape index (κ3) is 62.1. The summed E-state index contributed by atoms with van der Waals surface area (Å²) in [6.07, 6.45) is 79.8. The van der Waals surface area contributed by atoms with Crippen LogP contribution in [-0.4, -0.2) is 37.2 Å². The van der Waals surface area contributed by atoms with Crippen molar-refractivity contribution in [2.45, 2.75) is 361 Å². The van der Waals surface area contributed by atoms with Crippen molar-refractivity contribution in [3.8, 4) is 0 Å². The first-order valence-electron chi connectivity index (χ1n) is 33.1. The van der Waals surface area contributed by atoms with Gasteiger partial charge in [-0.1, -0.05) is 301 Å². The zero-order valence-corrected chi connectivity index (χ0v) is 50.3. The van der Waals surface area contributed by atoms with Crippen LogP contribution in [0.4, 0.5) is 0 Å². The van der Waals surface area contributed by atoms with Crippen molar-refractivity contribution in [3.63, 3.8) is 0 Å². The van der Waals surface area contributed by atoms with Crippen LogP contribution in [0.5, 0.6) is 0 Å². The minimum Gasteiger partial charge on any atom is -0.462 e. The van der Waals surface area contributed by atoms with Gasteiger partial charge in [-0.3, -0.25) is 14.4 Å². The van der Waals surface area contributed by atoms with Gasteiger partial charge in [-0.2, -0.15) is 0 Å². The molecule has 0 N–H and O–H groups in total. The van der Waals surface area contributed by atoms with E-state index in [0.29, 0.717) is 19.3 Å². The summed E-state index contributed by atoms with van der Waals surface area (Å²) in [5.41, 5.74) is 0. The van der Waals surface area contributed by atoms with Crippen molar-refractivity contribution in [1.82, 2.24) is 0 Å². The molecule has 6 nitrogen and oxygen atoms in total. The fourth-order valence-electron chi connectivity index (χ4n) is 9.80. The molecular formula is C69H126O6. The summed E-state index contributed by atoms with van der Waals surface area (Å²) < 4.78 is 16.9. The monoisotopic (exact) mass is 1050 g/mol. The summed E-state index contributed by atoms with van der Waals surface area (Å²) in [5.74, 6) is -0.856. The predicted octanol–water partition coefficient (Wildman–Crippen LogP) is 22.6. The molecule has 0 aliphatic carbocycles. The molecule has 0 saturated carbocycles. The third-order valence-electron chi connectivity index (χ3n) is 14.8. The van der Waals surface area contributed by atoms with Gasteiger partial charge in [0.1, 0.15) is 13.2 Å². The van der Waals surface area contributed by atoms with Gasteiger partial charge >= 0.3 is 17.9 Å². The Kier molecular flexibility index (Phi) is 61.7. The lowest BCUT2D eigenvalue weighted by atomic mass is 10.0. The Morgan fingerprint density at radius 2 is 0.480 bits per heavy atom. The van der Waals surface area contributed by atoms with Gasteiger partial charge in [-0.25, -0.2) is 0 Å². The van der Waals surface area contributed by atoms with Crippen LogP contribution in [-0.2, 0) is 28.6 Å². The van der Waals surface area contributed by atoms with Gasteiger partial charge in [-0.15, -0.1) is 0 Å². The third-order valence-corrected chi connectivity index (χ3v) is 14.8. The van der Waals surface area contributed by atoms with Crippen molar-refractivity contribution in [2.75, 3.05) is 13.2 Å². The number of allylic oxidation sites excluding steroid dienone is 8. The van der Waals surface area contributed by atoms with Gasteiger partial charge in [-0.05, 0) is 83.5 Å². The number of ether oxygens (including phenoxy) is 3. The fourth-order valence-corrected chi connectivity index (χ4v) is 9.80. The number of hydrogen-bond donors (Lipinski definition) is 0. The Balaban J connectivity index is 4.23. The Morgan fingerprint density at radius 3 is 0.733 bits per heavy atom. The quantitative estimate of drug-likeness (QED) is 0.0261. The Morgan fingerprint density at radius 1 is 0.267 bits per heavy atom. The van der Waals surface area contributed by atoms with Gasteiger partial charge in [0.25, 0.3) is 0 Å². The second-order valence-electron chi connectivity index (χ2n) is 22.4. The zero-order chi connectivity index (χ0) is 54.3. The van der Waals surface area contributed by atoms with Crippen LogP contribution in [0.15, 0.2) is 48.6 Å². The molecule has 0 bridgehead atoms. The maximum absolute atomic E-state index is 12.9. The molecule has 0 fully saturated rings. The number of unbranched alkanes of at least 4 members (excludes halogenated alkanes) is 42.